The lowest BCUT2D eigenvalue weighted by Gasteiger charge is -2.30. The van der Waals surface area contributed by atoms with Crippen LogP contribution in [0.15, 0.2) is 24.3 Å². The number of amides is 1. The second kappa shape index (κ2) is 6.46. The van der Waals surface area contributed by atoms with E-state index in [2.05, 4.69) is 5.10 Å². The molecule has 1 aromatic carbocycles. The van der Waals surface area contributed by atoms with Crippen molar-refractivity contribution >= 4 is 11.7 Å². The standard InChI is InChI=1S/C16H14F6N4O/c17-15(18,19)10-4-1-3-9(7-10)8-25-5-2-6-26-14(25)11(13(23)27)12(24-26)16(20,21)22/h1,3-4,7H,2,5-6,8H2,(H2,23,27). The van der Waals surface area contributed by atoms with E-state index < -0.39 is 35.1 Å². The minimum atomic E-state index is -4.88. The van der Waals surface area contributed by atoms with Gasteiger partial charge in [-0.3, -0.25) is 4.79 Å². The van der Waals surface area contributed by atoms with Crippen molar-refractivity contribution in [1.82, 2.24) is 9.78 Å². The molecule has 1 amide bonds. The Morgan fingerprint density at radius 1 is 1.11 bits per heavy atom. The topological polar surface area (TPSA) is 64.2 Å². The predicted molar refractivity (Wildman–Crippen MR) is 82.9 cm³/mol. The summed E-state index contributed by atoms with van der Waals surface area (Å²) in [7, 11) is 0. The molecule has 3 rings (SSSR count). The molecule has 0 radical (unpaired) electrons. The van der Waals surface area contributed by atoms with Gasteiger partial charge in [0, 0.05) is 19.6 Å². The highest BCUT2D eigenvalue weighted by molar-refractivity contribution is 5.99. The van der Waals surface area contributed by atoms with E-state index in [1.54, 1.807) is 0 Å². The maximum atomic E-state index is 13.2. The van der Waals surface area contributed by atoms with Crippen molar-refractivity contribution in [2.45, 2.75) is 31.9 Å². The third-order valence-electron chi connectivity index (χ3n) is 4.17. The molecular formula is C16H14F6N4O. The zero-order chi connectivity index (χ0) is 20.0. The first-order valence-electron chi connectivity index (χ1n) is 7.87. The summed E-state index contributed by atoms with van der Waals surface area (Å²) >= 11 is 0. The number of aromatic nitrogens is 2. The van der Waals surface area contributed by atoms with Gasteiger partial charge in [0.15, 0.2) is 5.69 Å². The van der Waals surface area contributed by atoms with E-state index in [-0.39, 0.29) is 31.0 Å². The number of carbonyl (C=O) groups excluding carboxylic acids is 1. The summed E-state index contributed by atoms with van der Waals surface area (Å²) in [6, 6.07) is 4.47. The molecule has 2 N–H and O–H groups in total. The molecule has 1 aliphatic heterocycles. The molecule has 0 bridgehead atoms. The van der Waals surface area contributed by atoms with E-state index in [9.17, 15) is 31.1 Å². The van der Waals surface area contributed by atoms with Gasteiger partial charge in [0.1, 0.15) is 11.4 Å². The summed E-state index contributed by atoms with van der Waals surface area (Å²) in [5.74, 6) is -1.42. The number of carbonyl (C=O) groups is 1. The number of nitrogens with zero attached hydrogens (tertiary/aromatic N) is 3. The average molecular weight is 392 g/mol. The van der Waals surface area contributed by atoms with Crippen molar-refractivity contribution in [1.29, 1.82) is 0 Å². The third-order valence-corrected chi connectivity index (χ3v) is 4.17. The van der Waals surface area contributed by atoms with E-state index in [0.29, 0.717) is 6.42 Å². The SMILES string of the molecule is NC(=O)c1c(C(F)(F)F)nn2c1N(Cc1cccc(C(F)(F)F)c1)CCC2. The molecule has 1 aliphatic rings. The van der Waals surface area contributed by atoms with Gasteiger partial charge in [0.2, 0.25) is 0 Å². The number of anilines is 1. The number of hydrogen-bond acceptors (Lipinski definition) is 3. The van der Waals surface area contributed by atoms with Crippen molar-refractivity contribution in [2.24, 2.45) is 5.73 Å². The number of rotatable bonds is 3. The fourth-order valence-corrected chi connectivity index (χ4v) is 3.09. The Kier molecular flexibility index (Phi) is 4.56. The van der Waals surface area contributed by atoms with Gasteiger partial charge in [0.25, 0.3) is 5.91 Å². The van der Waals surface area contributed by atoms with Gasteiger partial charge < -0.3 is 10.6 Å². The second-order valence-electron chi connectivity index (χ2n) is 6.11. The third kappa shape index (κ3) is 3.71. The van der Waals surface area contributed by atoms with Crippen molar-refractivity contribution < 1.29 is 31.1 Å². The van der Waals surface area contributed by atoms with Crippen LogP contribution in [0.2, 0.25) is 0 Å². The molecule has 0 aliphatic carbocycles. The van der Waals surface area contributed by atoms with Crippen LogP contribution >= 0.6 is 0 Å². The maximum Gasteiger partial charge on any atom is 0.436 e. The quantitative estimate of drug-likeness (QED) is 0.814. The van der Waals surface area contributed by atoms with Crippen LogP contribution in [0.5, 0.6) is 0 Å². The van der Waals surface area contributed by atoms with Crippen LogP contribution in [-0.4, -0.2) is 22.2 Å². The molecule has 27 heavy (non-hydrogen) atoms. The lowest BCUT2D eigenvalue weighted by atomic mass is 10.1. The molecule has 0 atom stereocenters. The van der Waals surface area contributed by atoms with E-state index in [1.165, 1.54) is 17.0 Å². The Hall–Kier alpha value is -2.72. The Morgan fingerprint density at radius 2 is 1.81 bits per heavy atom. The van der Waals surface area contributed by atoms with Crippen molar-refractivity contribution in [3.8, 4) is 0 Å². The molecule has 0 saturated carbocycles. The maximum absolute atomic E-state index is 13.2. The minimum absolute atomic E-state index is 0.118. The van der Waals surface area contributed by atoms with Gasteiger partial charge in [-0.2, -0.15) is 31.4 Å². The van der Waals surface area contributed by atoms with Crippen LogP contribution in [0.25, 0.3) is 0 Å². The lowest BCUT2D eigenvalue weighted by molar-refractivity contribution is -0.141. The van der Waals surface area contributed by atoms with Crippen LogP contribution in [0, 0.1) is 0 Å². The van der Waals surface area contributed by atoms with Gasteiger partial charge in [-0.1, -0.05) is 12.1 Å². The molecular weight excluding hydrogens is 378 g/mol. The number of fused-ring (bicyclic) bond motifs is 1. The zero-order valence-electron chi connectivity index (χ0n) is 13.7. The molecule has 11 heteroatoms. The number of halogens is 6. The Labute approximate surface area is 149 Å². The number of benzene rings is 1. The van der Waals surface area contributed by atoms with E-state index >= 15 is 0 Å². The summed E-state index contributed by atoms with van der Waals surface area (Å²) in [6.07, 6.45) is -9.00. The summed E-state index contributed by atoms with van der Waals surface area (Å²) in [5, 5.41) is 3.46. The smallest absolute Gasteiger partial charge is 0.365 e. The first kappa shape index (κ1) is 19.1. The Bertz CT molecular complexity index is 871. The normalized spacial score (nSPS) is 15.0. The van der Waals surface area contributed by atoms with Gasteiger partial charge in [-0.25, -0.2) is 4.68 Å². The van der Waals surface area contributed by atoms with Gasteiger partial charge >= 0.3 is 12.4 Å². The number of primary amides is 1. The van der Waals surface area contributed by atoms with Gasteiger partial charge in [-0.15, -0.1) is 0 Å². The zero-order valence-corrected chi connectivity index (χ0v) is 13.7. The first-order valence-corrected chi connectivity index (χ1v) is 7.87. The number of alkyl halides is 6. The van der Waals surface area contributed by atoms with Crippen LogP contribution < -0.4 is 10.6 Å². The van der Waals surface area contributed by atoms with E-state index in [4.69, 9.17) is 5.73 Å². The number of nitrogens with two attached hydrogens (primary N) is 1. The van der Waals surface area contributed by atoms with Gasteiger partial charge in [0.05, 0.1) is 5.56 Å². The molecule has 0 saturated heterocycles. The highest BCUT2D eigenvalue weighted by Crippen LogP contribution is 2.38. The predicted octanol–water partition coefficient (Wildman–Crippen LogP) is 3.43. The number of aryl methyl sites for hydroxylation is 1. The van der Waals surface area contributed by atoms with Crippen LogP contribution in [0.1, 0.15) is 33.6 Å². The van der Waals surface area contributed by atoms with Crippen molar-refractivity contribution in [2.75, 3.05) is 11.4 Å². The summed E-state index contributed by atoms with van der Waals surface area (Å²) < 4.78 is 79.3. The molecule has 146 valence electrons. The highest BCUT2D eigenvalue weighted by Gasteiger charge is 2.43. The van der Waals surface area contributed by atoms with Crippen LogP contribution in [0.4, 0.5) is 32.2 Å². The second-order valence-corrected chi connectivity index (χ2v) is 6.11. The number of hydrogen-bond donors (Lipinski definition) is 1. The first-order chi connectivity index (χ1) is 12.5. The monoisotopic (exact) mass is 392 g/mol. The van der Waals surface area contributed by atoms with Crippen LogP contribution in [0.3, 0.4) is 0 Å². The van der Waals surface area contributed by atoms with E-state index in [1.807, 2.05) is 0 Å². The minimum Gasteiger partial charge on any atom is -0.365 e. The van der Waals surface area contributed by atoms with Gasteiger partial charge in [-0.05, 0) is 24.1 Å². The fraction of sp³-hybridized carbons (Fsp3) is 0.375. The molecule has 5 nitrogen and oxygen atoms in total. The molecule has 2 heterocycles. The summed E-state index contributed by atoms with van der Waals surface area (Å²) in [6.45, 7) is 0.275. The Morgan fingerprint density at radius 3 is 2.41 bits per heavy atom. The molecule has 2 aromatic rings. The van der Waals surface area contributed by atoms with Crippen LogP contribution in [-0.2, 0) is 25.4 Å². The molecule has 0 spiro atoms. The van der Waals surface area contributed by atoms with Crippen molar-refractivity contribution in [3.05, 3.63) is 46.6 Å². The highest BCUT2D eigenvalue weighted by atomic mass is 19.4. The fourth-order valence-electron chi connectivity index (χ4n) is 3.09. The largest absolute Gasteiger partial charge is 0.436 e. The Balaban J connectivity index is 2.02. The lowest BCUT2D eigenvalue weighted by Crippen LogP contribution is -2.33. The average Bonchev–Trinajstić information content (AvgIpc) is 2.95. The van der Waals surface area contributed by atoms with Crippen molar-refractivity contribution in [3.63, 3.8) is 0 Å². The summed E-state index contributed by atoms with van der Waals surface area (Å²) in [5.41, 5.74) is 2.37. The molecule has 1 aromatic heterocycles. The molecule has 0 fully saturated rings. The molecule has 0 unspecified atom stereocenters. The summed E-state index contributed by atoms with van der Waals surface area (Å²) in [4.78, 5) is 13.1. The van der Waals surface area contributed by atoms with E-state index in [0.717, 1.165) is 16.8 Å².